The summed E-state index contributed by atoms with van der Waals surface area (Å²) in [5.74, 6) is 1.67. The number of hydrogen-bond acceptors (Lipinski definition) is 8. The molecule has 2 saturated heterocycles. The van der Waals surface area contributed by atoms with Crippen LogP contribution in [0.4, 0.5) is 20.5 Å². The number of fused-ring (bicyclic) bond motifs is 1. The molecule has 1 aliphatic carbocycles. The van der Waals surface area contributed by atoms with E-state index in [9.17, 15) is 13.9 Å². The molecule has 0 spiro atoms. The summed E-state index contributed by atoms with van der Waals surface area (Å²) in [6, 6.07) is 9.46. The van der Waals surface area contributed by atoms with Crippen LogP contribution in [0.5, 0.6) is 0 Å². The summed E-state index contributed by atoms with van der Waals surface area (Å²) in [5.41, 5.74) is 1.09. The van der Waals surface area contributed by atoms with E-state index in [1.54, 1.807) is 24.3 Å². The number of morpholine rings is 1. The first-order chi connectivity index (χ1) is 18.0. The summed E-state index contributed by atoms with van der Waals surface area (Å²) < 4.78 is 35.1. The minimum absolute atomic E-state index is 0.164. The van der Waals surface area contributed by atoms with Crippen LogP contribution in [-0.4, -0.2) is 87.6 Å². The van der Waals surface area contributed by atoms with Crippen molar-refractivity contribution >= 4 is 22.8 Å². The molecule has 6 rings (SSSR count). The molecule has 3 fully saturated rings. The summed E-state index contributed by atoms with van der Waals surface area (Å²) in [7, 11) is 0. The molecular weight excluding hydrogens is 480 g/mol. The maximum Gasteiger partial charge on any atom is 0.296 e. The number of aromatic nitrogens is 4. The average Bonchev–Trinajstić information content (AvgIpc) is 3.31. The van der Waals surface area contributed by atoms with Gasteiger partial charge in [0.1, 0.15) is 11.6 Å². The molecule has 11 heteroatoms. The minimum Gasteiger partial charge on any atom is -0.390 e. The summed E-state index contributed by atoms with van der Waals surface area (Å²) in [4.78, 5) is 18.1. The maximum atomic E-state index is 14.1. The second-order valence-electron chi connectivity index (χ2n) is 10.3. The molecule has 2 aliphatic heterocycles. The third-order valence-corrected chi connectivity index (χ3v) is 7.82. The van der Waals surface area contributed by atoms with Crippen LogP contribution in [0.25, 0.3) is 16.9 Å². The normalized spacial score (nSPS) is 23.5. The minimum atomic E-state index is -2.74. The van der Waals surface area contributed by atoms with Gasteiger partial charge in [-0.15, -0.1) is 0 Å². The molecule has 2 N–H and O–H groups in total. The van der Waals surface area contributed by atoms with Gasteiger partial charge in [0.25, 0.3) is 6.43 Å². The van der Waals surface area contributed by atoms with Crippen molar-refractivity contribution in [3.05, 3.63) is 36.2 Å². The number of likely N-dealkylation sites (tertiary alicyclic amines) is 1. The Morgan fingerprint density at radius 2 is 1.73 bits per heavy atom. The molecule has 0 unspecified atom stereocenters. The number of imidazole rings is 1. The standard InChI is InChI=1S/C26H33F2N7O2/c27-24(28)25-30-20-3-1-2-4-21(20)35(25)23-13-22(33-9-11-37-12-10-33)31-26(32-23)29-14-17-5-7-18(8-6-17)34-15-19(36)16-34/h1-4,13,17-19,24,36H,5-12,14-16H2,(H,29,31,32). The van der Waals surface area contributed by atoms with E-state index in [0.29, 0.717) is 66.9 Å². The number of alkyl halides is 2. The number of aliphatic hydroxyl groups is 1. The van der Waals surface area contributed by atoms with Crippen LogP contribution in [0, 0.1) is 5.92 Å². The Labute approximate surface area is 214 Å². The zero-order chi connectivity index (χ0) is 25.4. The van der Waals surface area contributed by atoms with E-state index in [-0.39, 0.29) is 11.9 Å². The highest BCUT2D eigenvalue weighted by Gasteiger charge is 2.33. The lowest BCUT2D eigenvalue weighted by molar-refractivity contribution is -0.0361. The number of benzene rings is 1. The molecular formula is C26H33F2N7O2. The average molecular weight is 514 g/mol. The number of halogens is 2. The number of nitrogens with one attached hydrogen (secondary N) is 1. The van der Waals surface area contributed by atoms with Crippen LogP contribution >= 0.6 is 0 Å². The van der Waals surface area contributed by atoms with Gasteiger partial charge in [0.05, 0.1) is 30.4 Å². The van der Waals surface area contributed by atoms with Crippen molar-refractivity contribution < 1.29 is 18.6 Å². The second-order valence-corrected chi connectivity index (χ2v) is 10.3. The van der Waals surface area contributed by atoms with Crippen LogP contribution in [-0.2, 0) is 4.74 Å². The van der Waals surface area contributed by atoms with Gasteiger partial charge in [-0.1, -0.05) is 12.1 Å². The zero-order valence-electron chi connectivity index (χ0n) is 20.8. The van der Waals surface area contributed by atoms with Crippen molar-refractivity contribution in [2.24, 2.45) is 5.92 Å². The number of β-amino-alcohol motifs (C(OH)–C–C–N with tert-alkyl or cyclic N) is 1. The van der Waals surface area contributed by atoms with Crippen molar-refractivity contribution in [3.63, 3.8) is 0 Å². The number of rotatable bonds is 7. The van der Waals surface area contributed by atoms with Gasteiger partial charge in [0, 0.05) is 44.8 Å². The molecule has 4 heterocycles. The van der Waals surface area contributed by atoms with Crippen molar-refractivity contribution in [2.75, 3.05) is 56.2 Å². The Hall–Kier alpha value is -2.89. The monoisotopic (exact) mass is 513 g/mol. The van der Waals surface area contributed by atoms with Gasteiger partial charge < -0.3 is 20.1 Å². The fourth-order valence-electron chi connectivity index (χ4n) is 5.74. The topological polar surface area (TPSA) is 91.6 Å². The van der Waals surface area contributed by atoms with Gasteiger partial charge in [0.15, 0.2) is 5.82 Å². The predicted octanol–water partition coefficient (Wildman–Crippen LogP) is 3.24. The van der Waals surface area contributed by atoms with Crippen molar-refractivity contribution in [2.45, 2.75) is 44.3 Å². The van der Waals surface area contributed by atoms with Gasteiger partial charge in [-0.25, -0.2) is 13.8 Å². The number of para-hydroxylation sites is 2. The molecule has 37 heavy (non-hydrogen) atoms. The lowest BCUT2D eigenvalue weighted by Crippen LogP contribution is -2.56. The third-order valence-electron chi connectivity index (χ3n) is 7.82. The number of ether oxygens (including phenoxy) is 1. The van der Waals surface area contributed by atoms with Gasteiger partial charge in [-0.3, -0.25) is 9.47 Å². The molecule has 1 saturated carbocycles. The van der Waals surface area contributed by atoms with E-state index in [1.165, 1.54) is 4.57 Å². The first-order valence-electron chi connectivity index (χ1n) is 13.2. The van der Waals surface area contributed by atoms with Crippen molar-refractivity contribution in [1.29, 1.82) is 0 Å². The van der Waals surface area contributed by atoms with Gasteiger partial charge in [-0.2, -0.15) is 9.97 Å². The van der Waals surface area contributed by atoms with Crippen molar-refractivity contribution in [1.82, 2.24) is 24.4 Å². The van der Waals surface area contributed by atoms with Crippen molar-refractivity contribution in [3.8, 4) is 5.82 Å². The number of aliphatic hydroxyl groups excluding tert-OH is 1. The van der Waals surface area contributed by atoms with E-state index in [0.717, 1.165) is 45.3 Å². The van der Waals surface area contributed by atoms with Gasteiger partial charge in [-0.05, 0) is 43.7 Å². The van der Waals surface area contributed by atoms with E-state index in [2.05, 4.69) is 20.1 Å². The second kappa shape index (κ2) is 10.5. The SMILES string of the molecule is OC1CN(C2CCC(CNc3nc(N4CCOCC4)cc(-n4c(C(F)F)nc5ccccc54)n3)CC2)C1. The molecule has 0 atom stereocenters. The molecule has 0 bridgehead atoms. The van der Waals surface area contributed by atoms with Crippen LogP contribution in [0.1, 0.15) is 37.9 Å². The lowest BCUT2D eigenvalue weighted by Gasteiger charge is -2.44. The van der Waals surface area contributed by atoms with Crippen LogP contribution in [0.15, 0.2) is 30.3 Å². The Morgan fingerprint density at radius 3 is 2.46 bits per heavy atom. The molecule has 0 amide bonds. The number of anilines is 2. The smallest absolute Gasteiger partial charge is 0.296 e. The summed E-state index contributed by atoms with van der Waals surface area (Å²) in [6.07, 6.45) is 1.54. The predicted molar refractivity (Wildman–Crippen MR) is 136 cm³/mol. The fraction of sp³-hybridized carbons (Fsp3) is 0.577. The Kier molecular flexibility index (Phi) is 6.92. The van der Waals surface area contributed by atoms with Crippen LogP contribution in [0.2, 0.25) is 0 Å². The lowest BCUT2D eigenvalue weighted by atomic mass is 9.84. The van der Waals surface area contributed by atoms with Gasteiger partial charge >= 0.3 is 0 Å². The first-order valence-corrected chi connectivity index (χ1v) is 13.2. The highest BCUT2D eigenvalue weighted by atomic mass is 19.3. The highest BCUT2D eigenvalue weighted by molar-refractivity contribution is 5.78. The van der Waals surface area contributed by atoms with Crippen LogP contribution in [0.3, 0.4) is 0 Å². The molecule has 2 aromatic heterocycles. The summed E-state index contributed by atoms with van der Waals surface area (Å²) in [6.45, 7) is 4.86. The Bertz CT molecular complexity index is 1220. The summed E-state index contributed by atoms with van der Waals surface area (Å²) in [5, 5.41) is 13.0. The van der Waals surface area contributed by atoms with Gasteiger partial charge in [0.2, 0.25) is 5.95 Å². The number of nitrogens with zero attached hydrogens (tertiary/aromatic N) is 6. The molecule has 3 aliphatic rings. The summed E-state index contributed by atoms with van der Waals surface area (Å²) >= 11 is 0. The Balaban J connectivity index is 1.25. The molecule has 9 nitrogen and oxygen atoms in total. The fourth-order valence-corrected chi connectivity index (χ4v) is 5.74. The van der Waals surface area contributed by atoms with E-state index in [4.69, 9.17) is 14.7 Å². The highest BCUT2D eigenvalue weighted by Crippen LogP contribution is 2.32. The zero-order valence-corrected chi connectivity index (χ0v) is 20.8. The third kappa shape index (κ3) is 5.12. The van der Waals surface area contributed by atoms with E-state index >= 15 is 0 Å². The molecule has 1 aromatic carbocycles. The van der Waals surface area contributed by atoms with E-state index < -0.39 is 6.43 Å². The number of hydrogen-bond donors (Lipinski definition) is 2. The molecule has 3 aromatic rings. The molecule has 0 radical (unpaired) electrons. The quantitative estimate of drug-likeness (QED) is 0.498. The first kappa shape index (κ1) is 24.4. The molecule has 198 valence electrons. The van der Waals surface area contributed by atoms with E-state index in [1.807, 2.05) is 6.07 Å². The Morgan fingerprint density at radius 1 is 1.00 bits per heavy atom. The maximum absolute atomic E-state index is 14.1. The van der Waals surface area contributed by atoms with Crippen LogP contribution < -0.4 is 10.2 Å². The largest absolute Gasteiger partial charge is 0.390 e.